The smallest absolute Gasteiger partial charge is 0.407 e. The van der Waals surface area contributed by atoms with Crippen LogP contribution in [0.15, 0.2) is 84.0 Å². The highest BCUT2D eigenvalue weighted by molar-refractivity contribution is 6.07. The monoisotopic (exact) mass is 662 g/mol. The molecular formula is C36H42N2O10. The molecule has 0 unspecified atom stereocenters. The van der Waals surface area contributed by atoms with E-state index in [0.717, 1.165) is 12.0 Å². The number of benzene rings is 3. The first kappa shape index (κ1) is 34.4. The topological polar surface area (TPSA) is 136 Å². The van der Waals surface area contributed by atoms with E-state index in [2.05, 4.69) is 10.5 Å². The van der Waals surface area contributed by atoms with E-state index in [1.165, 1.54) is 0 Å². The van der Waals surface area contributed by atoms with Gasteiger partial charge in [0.25, 0.3) is 0 Å². The molecule has 3 aromatic rings. The summed E-state index contributed by atoms with van der Waals surface area (Å²) in [5.41, 5.74) is 1.59. The molecule has 12 nitrogen and oxygen atoms in total. The van der Waals surface area contributed by atoms with Gasteiger partial charge in [0, 0.05) is 18.5 Å². The van der Waals surface area contributed by atoms with Crippen LogP contribution in [0, 0.1) is 0 Å². The lowest BCUT2D eigenvalue weighted by Crippen LogP contribution is -2.43. The van der Waals surface area contributed by atoms with Gasteiger partial charge in [-0.1, -0.05) is 30.3 Å². The number of ether oxygens (including phenoxy) is 7. The lowest BCUT2D eigenvalue weighted by molar-refractivity contribution is -0.0808. The van der Waals surface area contributed by atoms with Crippen molar-refractivity contribution in [2.45, 2.75) is 50.3 Å². The standard InChI is InChI=1S/C36H42N2O10/c1-5-18-37-36(40)44-22-32-31(46-25-11-9-24(41-2)10-12-25)16-13-26(47-32)17-19-45-38-33-29-21-28(43-4)14-15-30(29)48-35(34(33)39)23-7-6-8-27(20-23)42-3/h6-16,20-21,26,31-32,34-35,39H,5,17-19,22H2,1-4H3,(H,37,40)/b38-33-/t26-,31-,32+,34-,35+/m0/s1. The van der Waals surface area contributed by atoms with Crippen LogP contribution in [-0.4, -0.2) is 82.4 Å². The first-order valence-electron chi connectivity index (χ1n) is 15.8. The number of fused-ring (bicyclic) bond motifs is 1. The van der Waals surface area contributed by atoms with Crippen molar-refractivity contribution in [1.82, 2.24) is 5.32 Å². The minimum Gasteiger partial charge on any atom is -0.497 e. The van der Waals surface area contributed by atoms with Crippen LogP contribution in [0.1, 0.15) is 37.0 Å². The maximum absolute atomic E-state index is 12.2. The van der Waals surface area contributed by atoms with Crippen LogP contribution in [0.2, 0.25) is 0 Å². The van der Waals surface area contributed by atoms with Crippen LogP contribution >= 0.6 is 0 Å². The van der Waals surface area contributed by atoms with Gasteiger partial charge in [-0.3, -0.25) is 0 Å². The summed E-state index contributed by atoms with van der Waals surface area (Å²) in [6, 6.07) is 19.8. The molecule has 0 bridgehead atoms. The summed E-state index contributed by atoms with van der Waals surface area (Å²) in [4.78, 5) is 18.0. The van der Waals surface area contributed by atoms with Gasteiger partial charge in [0.05, 0.1) is 27.4 Å². The van der Waals surface area contributed by atoms with Crippen molar-refractivity contribution in [3.63, 3.8) is 0 Å². The Bertz CT molecular complexity index is 1560. The minimum atomic E-state index is -1.14. The Labute approximate surface area is 280 Å². The Morgan fingerprint density at radius 3 is 2.40 bits per heavy atom. The van der Waals surface area contributed by atoms with E-state index in [0.29, 0.717) is 53.0 Å². The predicted octanol–water partition coefficient (Wildman–Crippen LogP) is 5.23. The van der Waals surface area contributed by atoms with Crippen molar-refractivity contribution in [3.05, 3.63) is 90.0 Å². The number of methoxy groups -OCH3 is 3. The highest BCUT2D eigenvalue weighted by Crippen LogP contribution is 2.38. The number of aliphatic hydroxyl groups is 1. The zero-order chi connectivity index (χ0) is 33.9. The molecule has 2 aliphatic rings. The molecule has 0 aliphatic carbocycles. The van der Waals surface area contributed by atoms with E-state index < -0.39 is 30.5 Å². The van der Waals surface area contributed by atoms with Crippen LogP contribution in [-0.2, 0) is 14.3 Å². The van der Waals surface area contributed by atoms with Gasteiger partial charge in [0.2, 0.25) is 0 Å². The van der Waals surface area contributed by atoms with E-state index in [-0.39, 0.29) is 19.3 Å². The number of carbonyl (C=O) groups is 1. The molecule has 2 aliphatic heterocycles. The third kappa shape index (κ3) is 8.69. The van der Waals surface area contributed by atoms with Gasteiger partial charge in [-0.15, -0.1) is 0 Å². The van der Waals surface area contributed by atoms with Gasteiger partial charge in [0.15, 0.2) is 6.10 Å². The number of amides is 1. The molecule has 0 aromatic heterocycles. The molecule has 5 atom stereocenters. The predicted molar refractivity (Wildman–Crippen MR) is 177 cm³/mol. The van der Waals surface area contributed by atoms with E-state index in [1.807, 2.05) is 43.3 Å². The van der Waals surface area contributed by atoms with E-state index in [9.17, 15) is 9.90 Å². The van der Waals surface area contributed by atoms with Crippen molar-refractivity contribution in [1.29, 1.82) is 0 Å². The summed E-state index contributed by atoms with van der Waals surface area (Å²) in [7, 11) is 4.74. The molecule has 3 aromatic carbocycles. The Morgan fingerprint density at radius 2 is 1.65 bits per heavy atom. The summed E-state index contributed by atoms with van der Waals surface area (Å²) >= 11 is 0. The van der Waals surface area contributed by atoms with Crippen molar-refractivity contribution in [3.8, 4) is 28.7 Å². The number of hydrogen-bond acceptors (Lipinski definition) is 11. The number of aliphatic hydroxyl groups excluding tert-OH is 1. The third-order valence-corrected chi connectivity index (χ3v) is 7.82. The normalized spacial score (nSPS) is 22.2. The second kappa shape index (κ2) is 16.8. The highest BCUT2D eigenvalue weighted by atomic mass is 16.6. The van der Waals surface area contributed by atoms with Gasteiger partial charge in [-0.2, -0.15) is 0 Å². The van der Waals surface area contributed by atoms with Crippen molar-refractivity contribution in [2.24, 2.45) is 5.16 Å². The fourth-order valence-corrected chi connectivity index (χ4v) is 5.26. The van der Waals surface area contributed by atoms with Gasteiger partial charge in [-0.25, -0.2) is 4.79 Å². The number of nitrogens with zero attached hydrogens (tertiary/aromatic N) is 1. The molecule has 5 rings (SSSR count). The van der Waals surface area contributed by atoms with Gasteiger partial charge >= 0.3 is 6.09 Å². The first-order valence-corrected chi connectivity index (χ1v) is 15.8. The van der Waals surface area contributed by atoms with Crippen LogP contribution in [0.3, 0.4) is 0 Å². The first-order chi connectivity index (χ1) is 23.4. The van der Waals surface area contributed by atoms with Crippen LogP contribution < -0.4 is 29.0 Å². The van der Waals surface area contributed by atoms with E-state index in [4.69, 9.17) is 38.0 Å². The van der Waals surface area contributed by atoms with E-state index >= 15 is 0 Å². The molecule has 48 heavy (non-hydrogen) atoms. The zero-order valence-corrected chi connectivity index (χ0v) is 27.5. The summed E-state index contributed by atoms with van der Waals surface area (Å²) in [6.07, 6.45) is 1.14. The number of hydrogen-bond donors (Lipinski definition) is 2. The van der Waals surface area contributed by atoms with Crippen molar-refractivity contribution >= 4 is 11.8 Å². The Balaban J connectivity index is 1.27. The molecule has 2 N–H and O–H groups in total. The lowest BCUT2D eigenvalue weighted by Gasteiger charge is -2.32. The highest BCUT2D eigenvalue weighted by Gasteiger charge is 2.37. The Morgan fingerprint density at radius 1 is 0.917 bits per heavy atom. The maximum atomic E-state index is 12.2. The number of nitrogens with one attached hydrogen (secondary N) is 1. The summed E-state index contributed by atoms with van der Waals surface area (Å²) in [5.74, 6) is 3.08. The molecular weight excluding hydrogens is 620 g/mol. The SMILES string of the molecule is CCCNC(=O)OC[C@H]1O[C@H](CCO/N=C2/c3cc(OC)ccc3O[C@H](c3cccc(OC)c3)[C@H]2O)C=C[C@@H]1Oc1ccc(OC)cc1. The number of carbonyl (C=O) groups excluding carboxylic acids is 1. The molecule has 1 amide bonds. The molecule has 2 heterocycles. The molecule has 0 radical (unpaired) electrons. The molecule has 12 heteroatoms. The summed E-state index contributed by atoms with van der Waals surface area (Å²) in [5, 5.41) is 18.5. The average Bonchev–Trinajstić information content (AvgIpc) is 3.12. The third-order valence-electron chi connectivity index (χ3n) is 7.82. The quantitative estimate of drug-likeness (QED) is 0.134. The molecule has 0 fully saturated rings. The number of rotatable bonds is 14. The van der Waals surface area contributed by atoms with Crippen LogP contribution in [0.4, 0.5) is 4.79 Å². The van der Waals surface area contributed by atoms with Gasteiger partial charge in [0.1, 0.15) is 66.0 Å². The van der Waals surface area contributed by atoms with Crippen LogP contribution in [0.25, 0.3) is 0 Å². The number of alkyl carbamates (subject to hydrolysis) is 1. The summed E-state index contributed by atoms with van der Waals surface area (Å²) in [6.45, 7) is 2.63. The largest absolute Gasteiger partial charge is 0.497 e. The average molecular weight is 663 g/mol. The molecule has 256 valence electrons. The number of oxime groups is 1. The molecule has 0 spiro atoms. The van der Waals surface area contributed by atoms with Crippen LogP contribution in [0.5, 0.6) is 28.7 Å². The molecule has 0 saturated carbocycles. The van der Waals surface area contributed by atoms with E-state index in [1.54, 1.807) is 63.8 Å². The fourth-order valence-electron chi connectivity index (χ4n) is 5.26. The second-order valence-electron chi connectivity index (χ2n) is 11.1. The van der Waals surface area contributed by atoms with Gasteiger partial charge < -0.3 is 48.4 Å². The van der Waals surface area contributed by atoms with Crippen molar-refractivity contribution in [2.75, 3.05) is 41.1 Å². The second-order valence-corrected chi connectivity index (χ2v) is 11.1. The molecule has 0 saturated heterocycles. The Kier molecular flexibility index (Phi) is 12.0. The van der Waals surface area contributed by atoms with Crippen molar-refractivity contribution < 1.29 is 47.9 Å². The summed E-state index contributed by atoms with van der Waals surface area (Å²) < 4.78 is 40.1. The maximum Gasteiger partial charge on any atom is 0.407 e. The van der Waals surface area contributed by atoms with Gasteiger partial charge in [-0.05, 0) is 72.7 Å². The minimum absolute atomic E-state index is 0.0170. The fraction of sp³-hybridized carbons (Fsp3) is 0.389. The lowest BCUT2D eigenvalue weighted by atomic mass is 9.92. The Hall–Kier alpha value is -4.94. The zero-order valence-electron chi connectivity index (χ0n) is 27.5.